The van der Waals surface area contributed by atoms with E-state index in [9.17, 15) is 9.59 Å². The molecule has 126 valence electrons. The smallest absolute Gasteiger partial charge is 0.268 e. The average Bonchev–Trinajstić information content (AvgIpc) is 2.95. The lowest BCUT2D eigenvalue weighted by Gasteiger charge is -2.14. The number of para-hydroxylation sites is 1. The number of benzene rings is 2. The van der Waals surface area contributed by atoms with E-state index in [1.807, 2.05) is 30.3 Å². The molecule has 2 aromatic carbocycles. The number of H-pyrrole nitrogens is 1. The summed E-state index contributed by atoms with van der Waals surface area (Å²) >= 11 is 5.98. The van der Waals surface area contributed by atoms with Crippen LogP contribution >= 0.6 is 11.6 Å². The molecule has 0 spiro atoms. The molecule has 0 fully saturated rings. The Morgan fingerprint density at radius 1 is 1.16 bits per heavy atom. The van der Waals surface area contributed by atoms with Gasteiger partial charge in [0.2, 0.25) is 5.91 Å². The van der Waals surface area contributed by atoms with Gasteiger partial charge in [-0.1, -0.05) is 29.8 Å². The molecule has 6 heteroatoms. The number of aryl methyl sites for hydroxylation is 1. The highest BCUT2D eigenvalue weighted by Crippen LogP contribution is 2.23. The lowest BCUT2D eigenvalue weighted by Crippen LogP contribution is -2.43. The minimum Gasteiger partial charge on any atom is -0.351 e. The van der Waals surface area contributed by atoms with Crippen molar-refractivity contribution in [2.45, 2.75) is 18.9 Å². The van der Waals surface area contributed by atoms with E-state index in [0.29, 0.717) is 17.1 Å². The highest BCUT2D eigenvalue weighted by molar-refractivity contribution is 6.31. The molecule has 0 aliphatic carbocycles. The van der Waals surface area contributed by atoms with E-state index < -0.39 is 6.04 Å². The van der Waals surface area contributed by atoms with Gasteiger partial charge in [0.05, 0.1) is 0 Å². The van der Waals surface area contributed by atoms with Crippen LogP contribution in [0.1, 0.15) is 22.5 Å². The summed E-state index contributed by atoms with van der Waals surface area (Å²) in [6.45, 7) is 0. The van der Waals surface area contributed by atoms with Crippen molar-refractivity contribution in [3.63, 3.8) is 0 Å². The lowest BCUT2D eigenvalue weighted by atomic mass is 10.1. The molecule has 0 radical (unpaired) electrons. The van der Waals surface area contributed by atoms with Gasteiger partial charge in [-0.25, -0.2) is 0 Å². The van der Waals surface area contributed by atoms with Crippen LogP contribution in [0.25, 0.3) is 10.9 Å². The SMILES string of the molecule is O=C(N[C@H]1CCc2ccccc2NC1=O)c1cc2cc(Cl)ccc2[nH]1. The minimum atomic E-state index is -0.574. The Balaban J connectivity index is 1.53. The number of carbonyl (C=O) groups excluding carboxylic acids is 2. The normalized spacial score (nSPS) is 16.8. The number of nitrogens with one attached hydrogen (secondary N) is 3. The van der Waals surface area contributed by atoms with E-state index in [-0.39, 0.29) is 11.8 Å². The van der Waals surface area contributed by atoms with Crippen LogP contribution in [0.2, 0.25) is 5.02 Å². The molecule has 4 rings (SSSR count). The first-order valence-electron chi connectivity index (χ1n) is 8.08. The maximum atomic E-state index is 12.5. The van der Waals surface area contributed by atoms with Crippen molar-refractivity contribution in [1.82, 2.24) is 10.3 Å². The number of amides is 2. The second kappa shape index (κ2) is 6.26. The van der Waals surface area contributed by atoms with Crippen molar-refractivity contribution in [3.05, 3.63) is 64.8 Å². The summed E-state index contributed by atoms with van der Waals surface area (Å²) in [5.41, 5.74) is 3.12. The van der Waals surface area contributed by atoms with Gasteiger partial charge in [0.1, 0.15) is 11.7 Å². The molecule has 3 N–H and O–H groups in total. The van der Waals surface area contributed by atoms with Crippen molar-refractivity contribution in [3.8, 4) is 0 Å². The molecule has 3 aromatic rings. The largest absolute Gasteiger partial charge is 0.351 e. The Labute approximate surface area is 149 Å². The van der Waals surface area contributed by atoms with Gasteiger partial charge in [-0.15, -0.1) is 0 Å². The van der Waals surface area contributed by atoms with Crippen molar-refractivity contribution in [2.24, 2.45) is 0 Å². The van der Waals surface area contributed by atoms with Crippen LogP contribution < -0.4 is 10.6 Å². The Bertz CT molecular complexity index is 980. The maximum absolute atomic E-state index is 12.5. The maximum Gasteiger partial charge on any atom is 0.268 e. The van der Waals surface area contributed by atoms with Gasteiger partial charge < -0.3 is 15.6 Å². The van der Waals surface area contributed by atoms with E-state index in [2.05, 4.69) is 15.6 Å². The fourth-order valence-corrected chi connectivity index (χ4v) is 3.29. The second-order valence-corrected chi connectivity index (χ2v) is 6.56. The van der Waals surface area contributed by atoms with Crippen molar-refractivity contribution < 1.29 is 9.59 Å². The van der Waals surface area contributed by atoms with Crippen molar-refractivity contribution in [2.75, 3.05) is 5.32 Å². The highest BCUT2D eigenvalue weighted by atomic mass is 35.5. The molecule has 1 aromatic heterocycles. The van der Waals surface area contributed by atoms with Gasteiger partial charge in [0.15, 0.2) is 0 Å². The molecule has 0 saturated heterocycles. The van der Waals surface area contributed by atoms with Crippen LogP contribution in [-0.2, 0) is 11.2 Å². The first kappa shape index (κ1) is 15.7. The predicted octanol–water partition coefficient (Wildman–Crippen LogP) is 3.50. The average molecular weight is 354 g/mol. The van der Waals surface area contributed by atoms with Gasteiger partial charge in [-0.3, -0.25) is 9.59 Å². The molecule has 25 heavy (non-hydrogen) atoms. The summed E-state index contributed by atoms with van der Waals surface area (Å²) in [5.74, 6) is -0.504. The predicted molar refractivity (Wildman–Crippen MR) is 98.0 cm³/mol. The first-order chi connectivity index (χ1) is 12.1. The molecule has 5 nitrogen and oxygen atoms in total. The summed E-state index contributed by atoms with van der Waals surface area (Å²) < 4.78 is 0. The van der Waals surface area contributed by atoms with Crippen LogP contribution in [0.5, 0.6) is 0 Å². The van der Waals surface area contributed by atoms with Crippen LogP contribution in [0.4, 0.5) is 5.69 Å². The second-order valence-electron chi connectivity index (χ2n) is 6.13. The van der Waals surface area contributed by atoms with Gasteiger partial charge in [-0.2, -0.15) is 0 Å². The highest BCUT2D eigenvalue weighted by Gasteiger charge is 2.25. The third-order valence-corrected chi connectivity index (χ3v) is 4.66. The zero-order chi connectivity index (χ0) is 17.4. The topological polar surface area (TPSA) is 74.0 Å². The van der Waals surface area contributed by atoms with Gasteiger partial charge in [0, 0.05) is 21.6 Å². The molecule has 0 saturated carbocycles. The number of hydrogen-bond donors (Lipinski definition) is 3. The van der Waals surface area contributed by atoms with Gasteiger partial charge in [-0.05, 0) is 48.7 Å². The molecule has 2 amide bonds. The summed E-state index contributed by atoms with van der Waals surface area (Å²) in [4.78, 5) is 28.0. The fourth-order valence-electron chi connectivity index (χ4n) is 3.11. The molecular formula is C19H16ClN3O2. The van der Waals surface area contributed by atoms with Crippen LogP contribution in [0, 0.1) is 0 Å². The molecule has 1 aliphatic rings. The Morgan fingerprint density at radius 2 is 2.00 bits per heavy atom. The van der Waals surface area contributed by atoms with Crippen molar-refractivity contribution in [1.29, 1.82) is 0 Å². The molecule has 1 atom stereocenters. The first-order valence-corrected chi connectivity index (χ1v) is 8.46. The van der Waals surface area contributed by atoms with Crippen LogP contribution in [0.3, 0.4) is 0 Å². The van der Waals surface area contributed by atoms with Crippen LogP contribution in [0.15, 0.2) is 48.5 Å². The third-order valence-electron chi connectivity index (χ3n) is 4.43. The Morgan fingerprint density at radius 3 is 2.88 bits per heavy atom. The van der Waals surface area contributed by atoms with E-state index in [4.69, 9.17) is 11.6 Å². The molecule has 1 aliphatic heterocycles. The molecule has 2 heterocycles. The van der Waals surface area contributed by atoms with Crippen molar-refractivity contribution >= 4 is 40.0 Å². The monoisotopic (exact) mass is 353 g/mol. The Hall–Kier alpha value is -2.79. The number of anilines is 1. The number of halogens is 1. The standard InChI is InChI=1S/C19H16ClN3O2/c20-13-6-8-15-12(9-13)10-17(21-15)19(25)23-16-7-5-11-3-1-2-4-14(11)22-18(16)24/h1-4,6,8-10,16,21H,5,7H2,(H,22,24)(H,23,25)/t16-/m0/s1. The Kier molecular flexibility index (Phi) is 3.93. The molecular weight excluding hydrogens is 338 g/mol. The van der Waals surface area contributed by atoms with E-state index in [1.165, 1.54) is 0 Å². The molecule has 0 bridgehead atoms. The zero-order valence-electron chi connectivity index (χ0n) is 13.3. The summed E-state index contributed by atoms with van der Waals surface area (Å²) in [7, 11) is 0. The summed E-state index contributed by atoms with van der Waals surface area (Å²) in [6, 6.07) is 14.2. The lowest BCUT2D eigenvalue weighted by molar-refractivity contribution is -0.118. The minimum absolute atomic E-state index is 0.197. The van der Waals surface area contributed by atoms with Gasteiger partial charge in [0.25, 0.3) is 5.91 Å². The fraction of sp³-hybridized carbons (Fsp3) is 0.158. The summed E-state index contributed by atoms with van der Waals surface area (Å²) in [6.07, 6.45) is 1.28. The number of rotatable bonds is 2. The number of aromatic nitrogens is 1. The third kappa shape index (κ3) is 3.10. The molecule has 0 unspecified atom stereocenters. The number of carbonyl (C=O) groups is 2. The van der Waals surface area contributed by atoms with E-state index in [0.717, 1.165) is 28.6 Å². The van der Waals surface area contributed by atoms with Crippen LogP contribution in [-0.4, -0.2) is 22.8 Å². The number of hydrogen-bond acceptors (Lipinski definition) is 2. The number of aromatic amines is 1. The quantitative estimate of drug-likeness (QED) is 0.659. The van der Waals surface area contributed by atoms with E-state index in [1.54, 1.807) is 18.2 Å². The van der Waals surface area contributed by atoms with Gasteiger partial charge >= 0.3 is 0 Å². The zero-order valence-corrected chi connectivity index (χ0v) is 14.1. The van der Waals surface area contributed by atoms with E-state index >= 15 is 0 Å². The summed E-state index contributed by atoms with van der Waals surface area (Å²) in [5, 5.41) is 7.17. The number of fused-ring (bicyclic) bond motifs is 2.